The molecule has 0 saturated carbocycles. The number of nitrogens with one attached hydrogen (secondary N) is 1. The van der Waals surface area contributed by atoms with Crippen LogP contribution in [0.3, 0.4) is 0 Å². The second kappa shape index (κ2) is 5.94. The Balaban J connectivity index is 2.30. The first-order chi connectivity index (χ1) is 9.49. The summed E-state index contributed by atoms with van der Waals surface area (Å²) in [7, 11) is 1.51. The van der Waals surface area contributed by atoms with E-state index >= 15 is 0 Å². The number of nitrogens with zero attached hydrogens (tertiary/aromatic N) is 2. The number of halogens is 2. The number of benzene rings is 1. The SMILES string of the molecule is COc1ccc(Nc2cc([N+](=O)[O-])cc(Cl)n2)cc1Cl. The van der Waals surface area contributed by atoms with E-state index in [4.69, 9.17) is 27.9 Å². The van der Waals surface area contributed by atoms with Gasteiger partial charge in [0.15, 0.2) is 0 Å². The lowest BCUT2D eigenvalue weighted by atomic mass is 10.3. The Morgan fingerprint density at radius 2 is 2.05 bits per heavy atom. The largest absolute Gasteiger partial charge is 0.495 e. The van der Waals surface area contributed by atoms with Gasteiger partial charge < -0.3 is 10.1 Å². The molecule has 0 aliphatic rings. The molecule has 6 nitrogen and oxygen atoms in total. The zero-order valence-electron chi connectivity index (χ0n) is 10.3. The van der Waals surface area contributed by atoms with E-state index in [2.05, 4.69) is 10.3 Å². The first kappa shape index (κ1) is 14.4. The van der Waals surface area contributed by atoms with Crippen LogP contribution in [-0.2, 0) is 0 Å². The molecule has 8 heteroatoms. The van der Waals surface area contributed by atoms with Crippen molar-refractivity contribution in [2.24, 2.45) is 0 Å². The van der Waals surface area contributed by atoms with Crippen LogP contribution in [0.4, 0.5) is 17.2 Å². The number of aromatic nitrogens is 1. The lowest BCUT2D eigenvalue weighted by Gasteiger charge is -2.08. The van der Waals surface area contributed by atoms with Crippen molar-refractivity contribution < 1.29 is 9.66 Å². The summed E-state index contributed by atoms with van der Waals surface area (Å²) in [5.74, 6) is 0.785. The predicted octanol–water partition coefficient (Wildman–Crippen LogP) is 4.05. The zero-order valence-corrected chi connectivity index (χ0v) is 11.8. The number of hydrogen-bond acceptors (Lipinski definition) is 5. The fourth-order valence-corrected chi connectivity index (χ4v) is 2.01. The van der Waals surface area contributed by atoms with E-state index in [1.807, 2.05) is 0 Å². The quantitative estimate of drug-likeness (QED) is 0.523. The van der Waals surface area contributed by atoms with Gasteiger partial charge in [0.1, 0.15) is 16.7 Å². The zero-order chi connectivity index (χ0) is 14.7. The van der Waals surface area contributed by atoms with Crippen LogP contribution in [0.2, 0.25) is 10.2 Å². The second-order valence-electron chi connectivity index (χ2n) is 3.76. The summed E-state index contributed by atoms with van der Waals surface area (Å²) in [6.07, 6.45) is 0. The summed E-state index contributed by atoms with van der Waals surface area (Å²) in [5.41, 5.74) is 0.465. The fraction of sp³-hybridized carbons (Fsp3) is 0.0833. The lowest BCUT2D eigenvalue weighted by molar-refractivity contribution is -0.384. The van der Waals surface area contributed by atoms with Gasteiger partial charge in [0, 0.05) is 5.69 Å². The number of nitro groups is 1. The van der Waals surface area contributed by atoms with Crippen molar-refractivity contribution in [1.29, 1.82) is 0 Å². The summed E-state index contributed by atoms with van der Waals surface area (Å²) < 4.78 is 5.03. The van der Waals surface area contributed by atoms with Crippen molar-refractivity contribution in [3.05, 3.63) is 50.6 Å². The summed E-state index contributed by atoms with van der Waals surface area (Å²) in [4.78, 5) is 14.2. The maximum absolute atomic E-state index is 10.7. The molecule has 0 atom stereocenters. The number of pyridine rings is 1. The maximum Gasteiger partial charge on any atom is 0.276 e. The average molecular weight is 314 g/mol. The Morgan fingerprint density at radius 1 is 1.30 bits per heavy atom. The molecule has 104 valence electrons. The van der Waals surface area contributed by atoms with Gasteiger partial charge >= 0.3 is 0 Å². The number of rotatable bonds is 4. The van der Waals surface area contributed by atoms with Crippen molar-refractivity contribution in [1.82, 2.24) is 4.98 Å². The number of hydrogen-bond donors (Lipinski definition) is 1. The van der Waals surface area contributed by atoms with Gasteiger partial charge in [-0.15, -0.1) is 0 Å². The first-order valence-electron chi connectivity index (χ1n) is 5.42. The Bertz CT molecular complexity index is 664. The van der Waals surface area contributed by atoms with Crippen molar-refractivity contribution in [2.75, 3.05) is 12.4 Å². The predicted molar refractivity (Wildman–Crippen MR) is 77.2 cm³/mol. The topological polar surface area (TPSA) is 77.3 Å². The van der Waals surface area contributed by atoms with E-state index in [1.165, 1.54) is 19.2 Å². The molecule has 1 aromatic carbocycles. The molecule has 0 aliphatic heterocycles. The molecule has 0 fully saturated rings. The molecule has 0 radical (unpaired) electrons. The molecule has 0 amide bonds. The highest BCUT2D eigenvalue weighted by molar-refractivity contribution is 6.32. The molecule has 2 aromatic rings. The molecule has 0 bridgehead atoms. The molecule has 0 spiro atoms. The van der Waals surface area contributed by atoms with E-state index in [0.717, 1.165) is 0 Å². The minimum atomic E-state index is -0.542. The van der Waals surface area contributed by atoms with Crippen LogP contribution in [0.25, 0.3) is 0 Å². The number of anilines is 2. The van der Waals surface area contributed by atoms with Crippen LogP contribution >= 0.6 is 23.2 Å². The third-order valence-electron chi connectivity index (χ3n) is 2.41. The lowest BCUT2D eigenvalue weighted by Crippen LogP contribution is -1.97. The van der Waals surface area contributed by atoms with Gasteiger partial charge in [-0.3, -0.25) is 10.1 Å². The summed E-state index contributed by atoms with van der Waals surface area (Å²) in [6.45, 7) is 0. The molecule has 0 unspecified atom stereocenters. The fourth-order valence-electron chi connectivity index (χ4n) is 1.54. The Labute approximate surface area is 124 Å². The second-order valence-corrected chi connectivity index (χ2v) is 4.56. The van der Waals surface area contributed by atoms with Gasteiger partial charge in [-0.2, -0.15) is 0 Å². The highest BCUT2D eigenvalue weighted by atomic mass is 35.5. The molecule has 0 saturated heterocycles. The standard InChI is InChI=1S/C12H9Cl2N3O3/c1-20-10-3-2-7(4-9(10)13)15-12-6-8(17(18)19)5-11(14)16-12/h2-6H,1H3,(H,15,16). The summed E-state index contributed by atoms with van der Waals surface area (Å²) in [5, 5.41) is 14.1. The average Bonchev–Trinajstić information content (AvgIpc) is 2.38. The van der Waals surface area contributed by atoms with E-state index < -0.39 is 4.92 Å². The van der Waals surface area contributed by atoms with Crippen molar-refractivity contribution in [2.45, 2.75) is 0 Å². The van der Waals surface area contributed by atoms with Gasteiger partial charge in [-0.05, 0) is 18.2 Å². The van der Waals surface area contributed by atoms with Gasteiger partial charge in [-0.1, -0.05) is 23.2 Å². The number of methoxy groups -OCH3 is 1. The van der Waals surface area contributed by atoms with E-state index in [-0.39, 0.29) is 16.7 Å². The van der Waals surface area contributed by atoms with E-state index in [1.54, 1.807) is 18.2 Å². The van der Waals surface area contributed by atoms with E-state index in [9.17, 15) is 10.1 Å². The van der Waals surface area contributed by atoms with Crippen LogP contribution in [0.5, 0.6) is 5.75 Å². The monoisotopic (exact) mass is 313 g/mol. The Hall–Kier alpha value is -2.05. The summed E-state index contributed by atoms with van der Waals surface area (Å²) >= 11 is 11.7. The van der Waals surface area contributed by atoms with Crippen LogP contribution in [0, 0.1) is 10.1 Å². The molecule has 1 heterocycles. The highest BCUT2D eigenvalue weighted by Crippen LogP contribution is 2.29. The molecule has 2 rings (SSSR count). The Morgan fingerprint density at radius 3 is 2.65 bits per heavy atom. The van der Waals surface area contributed by atoms with Crippen LogP contribution in [0.1, 0.15) is 0 Å². The van der Waals surface area contributed by atoms with Crippen molar-refractivity contribution >= 4 is 40.4 Å². The van der Waals surface area contributed by atoms with E-state index in [0.29, 0.717) is 16.5 Å². The molecule has 1 N–H and O–H groups in total. The van der Waals surface area contributed by atoms with Crippen molar-refractivity contribution in [3.8, 4) is 5.75 Å². The van der Waals surface area contributed by atoms with Crippen LogP contribution < -0.4 is 10.1 Å². The molecule has 0 aliphatic carbocycles. The van der Waals surface area contributed by atoms with Crippen molar-refractivity contribution in [3.63, 3.8) is 0 Å². The maximum atomic E-state index is 10.7. The Kier molecular flexibility index (Phi) is 4.26. The minimum Gasteiger partial charge on any atom is -0.495 e. The third kappa shape index (κ3) is 3.28. The van der Waals surface area contributed by atoms with Gasteiger partial charge in [0.2, 0.25) is 0 Å². The normalized spacial score (nSPS) is 10.2. The molecule has 1 aromatic heterocycles. The molecular weight excluding hydrogens is 305 g/mol. The molecular formula is C12H9Cl2N3O3. The smallest absolute Gasteiger partial charge is 0.276 e. The first-order valence-corrected chi connectivity index (χ1v) is 6.17. The van der Waals surface area contributed by atoms with Gasteiger partial charge in [0.25, 0.3) is 5.69 Å². The molecule has 20 heavy (non-hydrogen) atoms. The summed E-state index contributed by atoms with van der Waals surface area (Å²) in [6, 6.07) is 7.45. The van der Waals surface area contributed by atoms with Crippen LogP contribution in [0.15, 0.2) is 30.3 Å². The van der Waals surface area contributed by atoms with Gasteiger partial charge in [0.05, 0.1) is 29.2 Å². The minimum absolute atomic E-state index is 0.0290. The van der Waals surface area contributed by atoms with Gasteiger partial charge in [-0.25, -0.2) is 4.98 Å². The highest BCUT2D eigenvalue weighted by Gasteiger charge is 2.11. The number of ether oxygens (including phenoxy) is 1. The third-order valence-corrected chi connectivity index (χ3v) is 2.90. The van der Waals surface area contributed by atoms with Crippen LogP contribution in [-0.4, -0.2) is 17.0 Å².